The first-order chi connectivity index (χ1) is 7.19. The summed E-state index contributed by atoms with van der Waals surface area (Å²) in [6.07, 6.45) is 2.10. The number of nitrogens with zero attached hydrogens (tertiary/aromatic N) is 3. The van der Waals surface area contributed by atoms with Gasteiger partial charge in [0.25, 0.3) is 0 Å². The third-order valence-corrected chi connectivity index (χ3v) is 2.44. The second kappa shape index (κ2) is 5.12. The Balaban J connectivity index is 3.02. The zero-order valence-electron chi connectivity index (χ0n) is 8.94. The van der Waals surface area contributed by atoms with Crippen molar-refractivity contribution >= 4 is 0 Å². The Morgan fingerprint density at radius 3 is 2.67 bits per heavy atom. The van der Waals surface area contributed by atoms with E-state index in [9.17, 15) is 0 Å². The van der Waals surface area contributed by atoms with Gasteiger partial charge in [-0.05, 0) is 29.5 Å². The van der Waals surface area contributed by atoms with Crippen molar-refractivity contribution in [1.29, 1.82) is 10.5 Å². The summed E-state index contributed by atoms with van der Waals surface area (Å²) in [6, 6.07) is 7.83. The Morgan fingerprint density at radius 1 is 1.40 bits per heavy atom. The minimum Gasteiger partial charge on any atom is -0.246 e. The molecule has 0 radical (unpaired) electrons. The van der Waals surface area contributed by atoms with Crippen LogP contribution in [0.25, 0.3) is 0 Å². The van der Waals surface area contributed by atoms with Crippen LogP contribution >= 0.6 is 0 Å². The number of rotatable bonds is 3. The van der Waals surface area contributed by atoms with Crippen molar-refractivity contribution in [3.8, 4) is 12.1 Å². The van der Waals surface area contributed by atoms with Crippen LogP contribution in [-0.2, 0) is 0 Å². The van der Waals surface area contributed by atoms with Gasteiger partial charge in [0.05, 0.1) is 6.07 Å². The number of hydrogen-bond donors (Lipinski definition) is 0. The van der Waals surface area contributed by atoms with Crippen LogP contribution in [0.15, 0.2) is 18.3 Å². The Labute approximate surface area is 90.0 Å². The molecular formula is C12H13N3. The van der Waals surface area contributed by atoms with Crippen molar-refractivity contribution in [1.82, 2.24) is 4.98 Å². The van der Waals surface area contributed by atoms with E-state index in [0.717, 1.165) is 5.56 Å². The molecule has 1 unspecified atom stereocenters. The van der Waals surface area contributed by atoms with Gasteiger partial charge in [-0.3, -0.25) is 0 Å². The lowest BCUT2D eigenvalue weighted by Crippen LogP contribution is -2.06. The van der Waals surface area contributed by atoms with Crippen LogP contribution in [0.1, 0.15) is 37.4 Å². The Kier molecular flexibility index (Phi) is 3.83. The summed E-state index contributed by atoms with van der Waals surface area (Å²) in [5, 5.41) is 17.5. The van der Waals surface area contributed by atoms with E-state index in [1.165, 1.54) is 0 Å². The summed E-state index contributed by atoms with van der Waals surface area (Å²) < 4.78 is 0. The van der Waals surface area contributed by atoms with Crippen molar-refractivity contribution in [3.63, 3.8) is 0 Å². The maximum absolute atomic E-state index is 8.74. The maximum atomic E-state index is 8.74. The van der Waals surface area contributed by atoms with E-state index < -0.39 is 0 Å². The summed E-state index contributed by atoms with van der Waals surface area (Å²) in [5.41, 5.74) is 1.44. The SMILES string of the molecule is CC(C)C(CC#N)c1ccnc(C#N)c1. The van der Waals surface area contributed by atoms with E-state index in [4.69, 9.17) is 10.5 Å². The molecule has 0 saturated carbocycles. The molecule has 1 heterocycles. The Hall–Kier alpha value is -1.87. The molecule has 1 aromatic rings. The molecule has 3 nitrogen and oxygen atoms in total. The predicted molar refractivity (Wildman–Crippen MR) is 56.8 cm³/mol. The van der Waals surface area contributed by atoms with Gasteiger partial charge < -0.3 is 0 Å². The molecule has 15 heavy (non-hydrogen) atoms. The van der Waals surface area contributed by atoms with E-state index in [1.807, 2.05) is 12.1 Å². The summed E-state index contributed by atoms with van der Waals surface area (Å²) in [7, 11) is 0. The first kappa shape index (κ1) is 11.2. The fourth-order valence-corrected chi connectivity index (χ4v) is 1.58. The molecule has 1 aromatic heterocycles. The minimum absolute atomic E-state index is 0.185. The molecule has 0 aromatic carbocycles. The largest absolute Gasteiger partial charge is 0.246 e. The maximum Gasteiger partial charge on any atom is 0.140 e. The van der Waals surface area contributed by atoms with Crippen LogP contribution in [0.4, 0.5) is 0 Å². The molecule has 0 fully saturated rings. The highest BCUT2D eigenvalue weighted by atomic mass is 14.7. The second-order valence-corrected chi connectivity index (χ2v) is 3.80. The van der Waals surface area contributed by atoms with Gasteiger partial charge in [-0.25, -0.2) is 4.98 Å². The van der Waals surface area contributed by atoms with Crippen molar-refractivity contribution in [2.75, 3.05) is 0 Å². The number of aromatic nitrogens is 1. The molecule has 0 spiro atoms. The second-order valence-electron chi connectivity index (χ2n) is 3.80. The minimum atomic E-state index is 0.185. The fourth-order valence-electron chi connectivity index (χ4n) is 1.58. The first-order valence-corrected chi connectivity index (χ1v) is 4.92. The highest BCUT2D eigenvalue weighted by molar-refractivity contribution is 5.28. The highest BCUT2D eigenvalue weighted by Gasteiger charge is 2.15. The smallest absolute Gasteiger partial charge is 0.140 e. The lowest BCUT2D eigenvalue weighted by atomic mass is 9.86. The van der Waals surface area contributed by atoms with Crippen LogP contribution < -0.4 is 0 Å². The monoisotopic (exact) mass is 199 g/mol. The van der Waals surface area contributed by atoms with E-state index in [-0.39, 0.29) is 5.92 Å². The normalized spacial score (nSPS) is 11.8. The van der Waals surface area contributed by atoms with Gasteiger partial charge in [0.15, 0.2) is 0 Å². The van der Waals surface area contributed by atoms with Gasteiger partial charge in [-0.15, -0.1) is 0 Å². The number of hydrogen-bond acceptors (Lipinski definition) is 3. The standard InChI is InChI=1S/C12H13N3/c1-9(2)12(3-5-13)10-4-6-15-11(7-10)8-14/h4,6-7,9,12H,3H2,1-2H3. The van der Waals surface area contributed by atoms with Gasteiger partial charge in [0.1, 0.15) is 11.8 Å². The van der Waals surface area contributed by atoms with Gasteiger partial charge in [-0.1, -0.05) is 13.8 Å². The average Bonchev–Trinajstić information content (AvgIpc) is 2.25. The molecule has 0 amide bonds. The summed E-state index contributed by atoms with van der Waals surface area (Å²) >= 11 is 0. The molecule has 0 aliphatic carbocycles. The zero-order chi connectivity index (χ0) is 11.3. The third kappa shape index (κ3) is 2.79. The molecular weight excluding hydrogens is 186 g/mol. The van der Waals surface area contributed by atoms with Gasteiger partial charge in [-0.2, -0.15) is 10.5 Å². The predicted octanol–water partition coefficient (Wildman–Crippen LogP) is 2.61. The highest BCUT2D eigenvalue weighted by Crippen LogP contribution is 2.27. The lowest BCUT2D eigenvalue weighted by molar-refractivity contribution is 0.505. The van der Waals surface area contributed by atoms with Crippen molar-refractivity contribution in [2.24, 2.45) is 5.92 Å². The number of nitriles is 2. The zero-order valence-corrected chi connectivity index (χ0v) is 8.94. The van der Waals surface area contributed by atoms with E-state index >= 15 is 0 Å². The molecule has 1 atom stereocenters. The quantitative estimate of drug-likeness (QED) is 0.751. The van der Waals surface area contributed by atoms with Crippen LogP contribution in [-0.4, -0.2) is 4.98 Å². The molecule has 0 N–H and O–H groups in total. The topological polar surface area (TPSA) is 60.5 Å². The molecule has 0 bridgehead atoms. The van der Waals surface area contributed by atoms with E-state index in [2.05, 4.69) is 24.9 Å². The van der Waals surface area contributed by atoms with Crippen LogP contribution in [0.5, 0.6) is 0 Å². The summed E-state index contributed by atoms with van der Waals surface area (Å²) in [4.78, 5) is 3.92. The van der Waals surface area contributed by atoms with Gasteiger partial charge >= 0.3 is 0 Å². The molecule has 76 valence electrons. The van der Waals surface area contributed by atoms with Gasteiger partial charge in [0, 0.05) is 12.6 Å². The van der Waals surface area contributed by atoms with Gasteiger partial charge in [0.2, 0.25) is 0 Å². The van der Waals surface area contributed by atoms with E-state index in [1.54, 1.807) is 12.3 Å². The third-order valence-electron chi connectivity index (χ3n) is 2.44. The van der Waals surface area contributed by atoms with Crippen LogP contribution in [0.2, 0.25) is 0 Å². The molecule has 0 aliphatic heterocycles. The number of pyridine rings is 1. The molecule has 3 heteroatoms. The van der Waals surface area contributed by atoms with E-state index in [0.29, 0.717) is 18.0 Å². The Bertz CT molecular complexity index is 410. The lowest BCUT2D eigenvalue weighted by Gasteiger charge is -2.17. The Morgan fingerprint density at radius 2 is 2.13 bits per heavy atom. The van der Waals surface area contributed by atoms with Crippen molar-refractivity contribution in [3.05, 3.63) is 29.6 Å². The van der Waals surface area contributed by atoms with Crippen LogP contribution in [0.3, 0.4) is 0 Å². The first-order valence-electron chi connectivity index (χ1n) is 4.92. The van der Waals surface area contributed by atoms with Crippen molar-refractivity contribution < 1.29 is 0 Å². The summed E-state index contributed by atoms with van der Waals surface area (Å²) in [6.45, 7) is 4.16. The summed E-state index contributed by atoms with van der Waals surface area (Å²) in [5.74, 6) is 0.573. The fraction of sp³-hybridized carbons (Fsp3) is 0.417. The molecule has 1 rings (SSSR count). The van der Waals surface area contributed by atoms with Crippen LogP contribution in [0, 0.1) is 28.6 Å². The molecule has 0 aliphatic rings. The average molecular weight is 199 g/mol. The van der Waals surface area contributed by atoms with Crippen molar-refractivity contribution in [2.45, 2.75) is 26.2 Å². The molecule has 0 saturated heterocycles.